The Bertz CT molecular complexity index is 562. The van der Waals surface area contributed by atoms with Gasteiger partial charge >= 0.3 is 0 Å². The van der Waals surface area contributed by atoms with E-state index in [1.807, 2.05) is 0 Å². The monoisotopic (exact) mass is 297 g/mol. The molecule has 1 aromatic carbocycles. The maximum atomic E-state index is 11.5. The Labute approximate surface area is 121 Å². The Balaban J connectivity index is 2.34. The van der Waals surface area contributed by atoms with Crippen molar-refractivity contribution < 1.29 is 13.2 Å². The predicted octanol–water partition coefficient (Wildman–Crippen LogP) is 3.17. The van der Waals surface area contributed by atoms with Gasteiger partial charge in [0.25, 0.3) is 0 Å². The number of benzene rings is 1. The van der Waals surface area contributed by atoms with Gasteiger partial charge in [-0.05, 0) is 61.8 Å². The third-order valence-electron chi connectivity index (χ3n) is 4.05. The Morgan fingerprint density at radius 2 is 2.00 bits per heavy atom. The van der Waals surface area contributed by atoms with Crippen LogP contribution < -0.4 is 9.88 Å². The molecule has 2 N–H and O–H groups in total. The lowest BCUT2D eigenvalue weighted by Crippen LogP contribution is -2.15. The summed E-state index contributed by atoms with van der Waals surface area (Å²) in [5.74, 6) is 1.05. The van der Waals surface area contributed by atoms with E-state index in [4.69, 9.17) is 9.88 Å². The highest BCUT2D eigenvalue weighted by Gasteiger charge is 2.21. The molecule has 1 aliphatic carbocycles. The maximum absolute atomic E-state index is 11.5. The van der Waals surface area contributed by atoms with Crippen molar-refractivity contribution in [3.05, 3.63) is 23.8 Å². The van der Waals surface area contributed by atoms with Crippen molar-refractivity contribution in [2.24, 2.45) is 5.14 Å². The average Bonchev–Trinajstić information content (AvgIpc) is 2.90. The second-order valence-corrected chi connectivity index (χ2v) is 7.14. The fourth-order valence-corrected chi connectivity index (χ4v) is 3.15. The third kappa shape index (κ3) is 3.52. The van der Waals surface area contributed by atoms with Crippen LogP contribution in [0.5, 0.6) is 5.75 Å². The molecule has 20 heavy (non-hydrogen) atoms. The highest BCUT2D eigenvalue weighted by molar-refractivity contribution is 7.89. The van der Waals surface area contributed by atoms with Gasteiger partial charge in [0.15, 0.2) is 0 Å². The topological polar surface area (TPSA) is 69.4 Å². The molecule has 1 atom stereocenters. The number of primary sulfonamides is 1. The minimum Gasteiger partial charge on any atom is -0.490 e. The number of hydrogen-bond acceptors (Lipinski definition) is 3. The van der Waals surface area contributed by atoms with Crippen LogP contribution >= 0.6 is 0 Å². The molecule has 0 aromatic heterocycles. The van der Waals surface area contributed by atoms with Crippen LogP contribution in [0.2, 0.25) is 0 Å². The van der Waals surface area contributed by atoms with Gasteiger partial charge < -0.3 is 4.74 Å². The maximum Gasteiger partial charge on any atom is 0.238 e. The van der Waals surface area contributed by atoms with Gasteiger partial charge in [-0.1, -0.05) is 13.8 Å². The van der Waals surface area contributed by atoms with Crippen LogP contribution in [-0.2, 0) is 10.0 Å². The van der Waals surface area contributed by atoms with E-state index >= 15 is 0 Å². The van der Waals surface area contributed by atoms with E-state index in [0.29, 0.717) is 0 Å². The largest absolute Gasteiger partial charge is 0.490 e. The first-order valence-electron chi connectivity index (χ1n) is 7.25. The molecule has 4 nitrogen and oxygen atoms in total. The smallest absolute Gasteiger partial charge is 0.238 e. The lowest BCUT2D eigenvalue weighted by atomic mass is 9.97. The zero-order chi connectivity index (χ0) is 14.8. The highest BCUT2D eigenvalue weighted by Crippen LogP contribution is 2.33. The van der Waals surface area contributed by atoms with E-state index in [0.717, 1.165) is 30.6 Å². The van der Waals surface area contributed by atoms with Gasteiger partial charge in [0.1, 0.15) is 5.75 Å². The third-order valence-corrected chi connectivity index (χ3v) is 4.96. The van der Waals surface area contributed by atoms with Crippen molar-refractivity contribution in [2.75, 3.05) is 0 Å². The summed E-state index contributed by atoms with van der Waals surface area (Å²) in [6.07, 6.45) is 5.76. The molecule has 0 saturated heterocycles. The Morgan fingerprint density at radius 3 is 2.55 bits per heavy atom. The number of nitrogens with two attached hydrogens (primary N) is 1. The quantitative estimate of drug-likeness (QED) is 0.907. The molecule has 1 fully saturated rings. The van der Waals surface area contributed by atoms with Gasteiger partial charge in [-0.25, -0.2) is 13.6 Å². The molecule has 1 unspecified atom stereocenters. The molecule has 1 aromatic rings. The molecule has 0 heterocycles. The average molecular weight is 297 g/mol. The summed E-state index contributed by atoms with van der Waals surface area (Å²) in [5.41, 5.74) is 0.936. The van der Waals surface area contributed by atoms with Gasteiger partial charge in [-0.2, -0.15) is 0 Å². The van der Waals surface area contributed by atoms with E-state index in [2.05, 4.69) is 13.8 Å². The Morgan fingerprint density at radius 1 is 1.35 bits per heavy atom. The van der Waals surface area contributed by atoms with E-state index in [9.17, 15) is 8.42 Å². The van der Waals surface area contributed by atoms with Crippen LogP contribution in [0.3, 0.4) is 0 Å². The van der Waals surface area contributed by atoms with E-state index in [1.165, 1.54) is 18.9 Å². The Kier molecular flexibility index (Phi) is 4.70. The second kappa shape index (κ2) is 6.14. The normalized spacial score (nSPS) is 18.1. The van der Waals surface area contributed by atoms with E-state index in [1.54, 1.807) is 12.1 Å². The molecule has 112 valence electrons. The molecule has 1 saturated carbocycles. The van der Waals surface area contributed by atoms with E-state index in [-0.39, 0.29) is 16.9 Å². The number of hydrogen-bond donors (Lipinski definition) is 1. The van der Waals surface area contributed by atoms with Crippen molar-refractivity contribution in [1.82, 2.24) is 0 Å². The van der Waals surface area contributed by atoms with Crippen LogP contribution in [0.25, 0.3) is 0 Å². The minimum absolute atomic E-state index is 0.159. The standard InChI is InChI=1S/C15H23NO3S/c1-3-11(2)14-10-13(20(16,17)18)8-9-15(14)19-12-6-4-5-7-12/h8-12H,3-7H2,1-2H3,(H2,16,17,18). The molecule has 0 spiro atoms. The highest BCUT2D eigenvalue weighted by atomic mass is 32.2. The van der Waals surface area contributed by atoms with Crippen LogP contribution in [0.15, 0.2) is 23.1 Å². The first-order valence-corrected chi connectivity index (χ1v) is 8.80. The lowest BCUT2D eigenvalue weighted by molar-refractivity contribution is 0.207. The Hall–Kier alpha value is -1.07. The van der Waals surface area contributed by atoms with Crippen molar-refractivity contribution in [1.29, 1.82) is 0 Å². The van der Waals surface area contributed by atoms with Crippen molar-refractivity contribution >= 4 is 10.0 Å². The van der Waals surface area contributed by atoms with Gasteiger partial charge in [-0.3, -0.25) is 0 Å². The summed E-state index contributed by atoms with van der Waals surface area (Å²) in [4.78, 5) is 0.159. The summed E-state index contributed by atoms with van der Waals surface area (Å²) < 4.78 is 29.0. The number of sulfonamides is 1. The summed E-state index contributed by atoms with van der Waals surface area (Å²) in [6, 6.07) is 4.94. The molecular weight excluding hydrogens is 274 g/mol. The summed E-state index contributed by atoms with van der Waals surface area (Å²) in [5, 5.41) is 5.21. The lowest BCUT2D eigenvalue weighted by Gasteiger charge is -2.20. The summed E-state index contributed by atoms with van der Waals surface area (Å²) in [7, 11) is -3.67. The van der Waals surface area contributed by atoms with Crippen LogP contribution in [0.4, 0.5) is 0 Å². The molecule has 0 radical (unpaired) electrons. The molecule has 0 aliphatic heterocycles. The van der Waals surface area contributed by atoms with Crippen molar-refractivity contribution in [3.63, 3.8) is 0 Å². The fraction of sp³-hybridized carbons (Fsp3) is 0.600. The van der Waals surface area contributed by atoms with Crippen molar-refractivity contribution in [3.8, 4) is 5.75 Å². The second-order valence-electron chi connectivity index (χ2n) is 5.58. The van der Waals surface area contributed by atoms with Gasteiger partial charge in [0.2, 0.25) is 10.0 Å². The van der Waals surface area contributed by atoms with Crippen LogP contribution in [0.1, 0.15) is 57.4 Å². The van der Waals surface area contributed by atoms with Crippen molar-refractivity contribution in [2.45, 2.75) is 62.9 Å². The molecule has 0 amide bonds. The first kappa shape index (κ1) is 15.3. The molecule has 0 bridgehead atoms. The summed E-state index contributed by atoms with van der Waals surface area (Å²) >= 11 is 0. The van der Waals surface area contributed by atoms with Crippen LogP contribution in [-0.4, -0.2) is 14.5 Å². The minimum atomic E-state index is -3.67. The SMILES string of the molecule is CCC(C)c1cc(S(N)(=O)=O)ccc1OC1CCCC1. The first-order chi connectivity index (χ1) is 9.41. The predicted molar refractivity (Wildman–Crippen MR) is 79.4 cm³/mol. The summed E-state index contributed by atoms with van der Waals surface area (Å²) in [6.45, 7) is 4.15. The van der Waals surface area contributed by atoms with Gasteiger partial charge in [-0.15, -0.1) is 0 Å². The van der Waals surface area contributed by atoms with E-state index < -0.39 is 10.0 Å². The molecule has 1 aliphatic rings. The molecule has 5 heteroatoms. The van der Waals surface area contributed by atoms with Gasteiger partial charge in [0, 0.05) is 0 Å². The fourth-order valence-electron chi connectivity index (χ4n) is 2.60. The zero-order valence-corrected chi connectivity index (χ0v) is 12.9. The molecule has 2 rings (SSSR count). The number of ether oxygens (including phenoxy) is 1. The van der Waals surface area contributed by atoms with Gasteiger partial charge in [0.05, 0.1) is 11.0 Å². The van der Waals surface area contributed by atoms with Crippen LogP contribution in [0, 0.1) is 0 Å². The zero-order valence-electron chi connectivity index (χ0n) is 12.1. The number of rotatable bonds is 5. The molecular formula is C15H23NO3S.